The van der Waals surface area contributed by atoms with Crippen molar-refractivity contribution < 1.29 is 14.4 Å². The Bertz CT molecular complexity index is 446. The van der Waals surface area contributed by atoms with E-state index >= 15 is 0 Å². The molecule has 19 heavy (non-hydrogen) atoms. The van der Waals surface area contributed by atoms with Crippen LogP contribution in [0.3, 0.4) is 0 Å². The number of carbonyl (C=O) groups is 3. The molecule has 0 atom stereocenters. The van der Waals surface area contributed by atoms with Crippen molar-refractivity contribution in [2.24, 2.45) is 0 Å². The molecule has 0 saturated carbocycles. The molecule has 6 heteroatoms. The van der Waals surface area contributed by atoms with Gasteiger partial charge in [-0.25, -0.2) is 0 Å². The third-order valence-corrected chi connectivity index (χ3v) is 2.38. The van der Waals surface area contributed by atoms with Crippen LogP contribution in [-0.2, 0) is 9.59 Å². The van der Waals surface area contributed by atoms with Crippen LogP contribution in [-0.4, -0.2) is 35.7 Å². The number of rotatable bonds is 7. The summed E-state index contributed by atoms with van der Waals surface area (Å²) in [6, 6.07) is 3.35. The molecule has 102 valence electrons. The van der Waals surface area contributed by atoms with E-state index in [4.69, 9.17) is 0 Å². The van der Waals surface area contributed by atoms with E-state index in [-0.39, 0.29) is 30.4 Å². The van der Waals surface area contributed by atoms with E-state index in [9.17, 15) is 14.4 Å². The van der Waals surface area contributed by atoms with Crippen molar-refractivity contribution in [3.8, 4) is 0 Å². The van der Waals surface area contributed by atoms with E-state index in [0.717, 1.165) is 0 Å². The minimum Gasteiger partial charge on any atom is -0.355 e. The molecule has 6 nitrogen and oxygen atoms in total. The van der Waals surface area contributed by atoms with E-state index in [2.05, 4.69) is 15.6 Å². The first-order chi connectivity index (χ1) is 9.09. The molecule has 2 amide bonds. The number of nitrogens with one attached hydrogen (secondary N) is 2. The molecular weight excluding hydrogens is 246 g/mol. The fourth-order valence-corrected chi connectivity index (χ4v) is 1.43. The molecule has 0 spiro atoms. The Morgan fingerprint density at radius 1 is 1.16 bits per heavy atom. The predicted molar refractivity (Wildman–Crippen MR) is 69.5 cm³/mol. The van der Waals surface area contributed by atoms with Crippen LogP contribution in [0, 0.1) is 0 Å². The topological polar surface area (TPSA) is 88.2 Å². The summed E-state index contributed by atoms with van der Waals surface area (Å²) in [5.41, 5.74) is 0.508. The average Bonchev–Trinajstić information content (AvgIpc) is 2.41. The summed E-state index contributed by atoms with van der Waals surface area (Å²) in [6.07, 6.45) is 3.36. The molecule has 1 aromatic heterocycles. The number of pyridine rings is 1. The lowest BCUT2D eigenvalue weighted by Gasteiger charge is -2.05. The van der Waals surface area contributed by atoms with Crippen molar-refractivity contribution >= 4 is 17.6 Å². The molecular formula is C13H17N3O3. The lowest BCUT2D eigenvalue weighted by Crippen LogP contribution is -2.33. The van der Waals surface area contributed by atoms with Gasteiger partial charge in [-0.05, 0) is 12.1 Å². The second kappa shape index (κ2) is 7.97. The fourth-order valence-electron chi connectivity index (χ4n) is 1.43. The molecule has 0 aliphatic heterocycles. The highest BCUT2D eigenvalue weighted by molar-refractivity contribution is 5.97. The number of hydrogen-bond acceptors (Lipinski definition) is 4. The van der Waals surface area contributed by atoms with E-state index in [0.29, 0.717) is 18.7 Å². The summed E-state index contributed by atoms with van der Waals surface area (Å²) in [5, 5.41) is 5.19. The van der Waals surface area contributed by atoms with Gasteiger partial charge in [0.2, 0.25) is 11.8 Å². The lowest BCUT2D eigenvalue weighted by atomic mass is 10.1. The standard InChI is InChI=1S/C13H17N3O3/c1-10(17)15-7-8-16-13(19)5-4-12(18)11-3-2-6-14-9-11/h2-3,6,9H,4-5,7-8H2,1H3,(H,15,17)(H,16,19). The van der Waals surface area contributed by atoms with Gasteiger partial charge in [0, 0.05) is 50.8 Å². The normalized spacial score (nSPS) is 9.74. The molecule has 0 unspecified atom stereocenters. The van der Waals surface area contributed by atoms with Gasteiger partial charge in [-0.2, -0.15) is 0 Å². The largest absolute Gasteiger partial charge is 0.355 e. The van der Waals surface area contributed by atoms with Gasteiger partial charge in [-0.1, -0.05) is 0 Å². The van der Waals surface area contributed by atoms with Crippen LogP contribution in [0.15, 0.2) is 24.5 Å². The smallest absolute Gasteiger partial charge is 0.220 e. The van der Waals surface area contributed by atoms with Crippen molar-refractivity contribution in [2.75, 3.05) is 13.1 Å². The zero-order valence-electron chi connectivity index (χ0n) is 10.8. The quantitative estimate of drug-likeness (QED) is 0.547. The number of aromatic nitrogens is 1. The Kier molecular flexibility index (Phi) is 6.21. The van der Waals surface area contributed by atoms with Crippen molar-refractivity contribution in [3.63, 3.8) is 0 Å². The maximum absolute atomic E-state index is 11.7. The number of Topliss-reactive ketones (excluding diaryl/α,β-unsaturated/α-hetero) is 1. The van der Waals surface area contributed by atoms with Gasteiger partial charge in [-0.15, -0.1) is 0 Å². The van der Waals surface area contributed by atoms with Crippen LogP contribution in [0.5, 0.6) is 0 Å². The van der Waals surface area contributed by atoms with Crippen LogP contribution in [0.4, 0.5) is 0 Å². The van der Waals surface area contributed by atoms with Crippen LogP contribution in [0.25, 0.3) is 0 Å². The number of nitrogens with zero attached hydrogens (tertiary/aromatic N) is 1. The molecule has 1 heterocycles. The number of carbonyl (C=O) groups excluding carboxylic acids is 3. The van der Waals surface area contributed by atoms with Crippen molar-refractivity contribution in [1.82, 2.24) is 15.6 Å². The summed E-state index contributed by atoms with van der Waals surface area (Å²) in [4.78, 5) is 37.6. The first-order valence-electron chi connectivity index (χ1n) is 6.04. The molecule has 2 N–H and O–H groups in total. The van der Waals surface area contributed by atoms with Crippen LogP contribution in [0.2, 0.25) is 0 Å². The first-order valence-corrected chi connectivity index (χ1v) is 6.04. The lowest BCUT2D eigenvalue weighted by molar-refractivity contribution is -0.122. The molecule has 0 aromatic carbocycles. The van der Waals surface area contributed by atoms with Gasteiger partial charge >= 0.3 is 0 Å². The molecule has 0 saturated heterocycles. The average molecular weight is 263 g/mol. The van der Waals surface area contributed by atoms with Gasteiger partial charge in [-0.3, -0.25) is 19.4 Å². The van der Waals surface area contributed by atoms with Crippen LogP contribution >= 0.6 is 0 Å². The minimum atomic E-state index is -0.206. The van der Waals surface area contributed by atoms with Gasteiger partial charge in [0.25, 0.3) is 0 Å². The zero-order chi connectivity index (χ0) is 14.1. The third-order valence-electron chi connectivity index (χ3n) is 2.38. The Morgan fingerprint density at radius 2 is 1.89 bits per heavy atom. The minimum absolute atomic E-state index is 0.106. The SMILES string of the molecule is CC(=O)NCCNC(=O)CCC(=O)c1cccnc1. The summed E-state index contributed by atoms with van der Waals surface area (Å²) in [6.45, 7) is 2.16. The number of hydrogen-bond donors (Lipinski definition) is 2. The number of ketones is 1. The fraction of sp³-hybridized carbons (Fsp3) is 0.385. The maximum atomic E-state index is 11.7. The highest BCUT2D eigenvalue weighted by atomic mass is 16.2. The molecule has 0 bridgehead atoms. The van der Waals surface area contributed by atoms with E-state index in [1.54, 1.807) is 18.3 Å². The van der Waals surface area contributed by atoms with Crippen LogP contribution < -0.4 is 10.6 Å². The monoisotopic (exact) mass is 263 g/mol. The predicted octanol–water partition coefficient (Wildman–Crippen LogP) is 0.297. The molecule has 0 aliphatic carbocycles. The van der Waals surface area contributed by atoms with Gasteiger partial charge in [0.1, 0.15) is 0 Å². The van der Waals surface area contributed by atoms with Crippen molar-refractivity contribution in [2.45, 2.75) is 19.8 Å². The Morgan fingerprint density at radius 3 is 2.53 bits per heavy atom. The molecule has 1 aromatic rings. The van der Waals surface area contributed by atoms with E-state index in [1.165, 1.54) is 13.1 Å². The third kappa shape index (κ3) is 6.30. The highest BCUT2D eigenvalue weighted by Gasteiger charge is 2.08. The van der Waals surface area contributed by atoms with E-state index < -0.39 is 0 Å². The molecule has 0 fully saturated rings. The van der Waals surface area contributed by atoms with Gasteiger partial charge < -0.3 is 10.6 Å². The highest BCUT2D eigenvalue weighted by Crippen LogP contribution is 2.03. The summed E-state index contributed by atoms with van der Waals surface area (Å²) in [5.74, 6) is -0.450. The summed E-state index contributed by atoms with van der Waals surface area (Å²) < 4.78 is 0. The zero-order valence-corrected chi connectivity index (χ0v) is 10.8. The number of amides is 2. The maximum Gasteiger partial charge on any atom is 0.220 e. The Balaban J connectivity index is 2.20. The van der Waals surface area contributed by atoms with E-state index in [1.807, 2.05) is 0 Å². The summed E-state index contributed by atoms with van der Waals surface area (Å²) >= 11 is 0. The summed E-state index contributed by atoms with van der Waals surface area (Å²) in [7, 11) is 0. The van der Waals surface area contributed by atoms with Gasteiger partial charge in [0.05, 0.1) is 0 Å². The molecule has 1 rings (SSSR count). The van der Waals surface area contributed by atoms with Crippen molar-refractivity contribution in [1.29, 1.82) is 0 Å². The molecule has 0 aliphatic rings. The Labute approximate surface area is 111 Å². The second-order valence-electron chi connectivity index (χ2n) is 4.00. The Hall–Kier alpha value is -2.24. The van der Waals surface area contributed by atoms with Gasteiger partial charge in [0.15, 0.2) is 5.78 Å². The first kappa shape index (κ1) is 14.8. The van der Waals surface area contributed by atoms with Crippen molar-refractivity contribution in [3.05, 3.63) is 30.1 Å². The molecule has 0 radical (unpaired) electrons. The van der Waals surface area contributed by atoms with Crippen LogP contribution in [0.1, 0.15) is 30.1 Å². The second-order valence-corrected chi connectivity index (χ2v) is 4.00.